The SMILES string of the molecule is O=C(COC(=O)c1ccc(N2C(=O)[C@@H]3C[C@H](Cl)[C@@H](Cl)C[C@H]3C2=O)cc1)Nc1ccc(Br)cc1. The van der Waals surface area contributed by atoms with E-state index in [0.29, 0.717) is 24.2 Å². The van der Waals surface area contributed by atoms with Crippen molar-refractivity contribution in [3.05, 3.63) is 58.6 Å². The van der Waals surface area contributed by atoms with Crippen LogP contribution in [0, 0.1) is 11.8 Å². The number of hydrogen-bond acceptors (Lipinski definition) is 5. The number of esters is 1. The van der Waals surface area contributed by atoms with Crippen LogP contribution in [0.3, 0.4) is 0 Å². The maximum atomic E-state index is 12.8. The number of carbonyl (C=O) groups is 4. The van der Waals surface area contributed by atoms with Gasteiger partial charge in [-0.25, -0.2) is 4.79 Å². The van der Waals surface area contributed by atoms with Crippen LogP contribution in [0.15, 0.2) is 53.0 Å². The number of rotatable bonds is 5. The molecule has 4 atom stereocenters. The number of hydrogen-bond donors (Lipinski definition) is 1. The lowest BCUT2D eigenvalue weighted by atomic mass is 9.80. The van der Waals surface area contributed by atoms with Crippen LogP contribution in [0.2, 0.25) is 0 Å². The highest BCUT2D eigenvalue weighted by molar-refractivity contribution is 9.10. The molecular formula is C23H19BrCl2N2O5. The Labute approximate surface area is 208 Å². The molecule has 1 aliphatic heterocycles. The number of imide groups is 1. The van der Waals surface area contributed by atoms with Crippen LogP contribution < -0.4 is 10.2 Å². The normalized spacial score (nSPS) is 24.4. The first kappa shape index (κ1) is 23.7. The summed E-state index contributed by atoms with van der Waals surface area (Å²) in [5.41, 5.74) is 1.12. The molecule has 2 fully saturated rings. The van der Waals surface area contributed by atoms with Crippen molar-refractivity contribution >= 4 is 74.2 Å². The maximum absolute atomic E-state index is 12.8. The third-order valence-electron chi connectivity index (χ3n) is 5.74. The molecule has 33 heavy (non-hydrogen) atoms. The highest BCUT2D eigenvalue weighted by Gasteiger charge is 2.52. The Balaban J connectivity index is 1.36. The van der Waals surface area contributed by atoms with Gasteiger partial charge < -0.3 is 10.1 Å². The Hall–Kier alpha value is -2.42. The number of amides is 3. The minimum absolute atomic E-state index is 0.188. The van der Waals surface area contributed by atoms with Gasteiger partial charge in [0.2, 0.25) is 11.8 Å². The van der Waals surface area contributed by atoms with Gasteiger partial charge in [0, 0.05) is 10.2 Å². The first-order valence-electron chi connectivity index (χ1n) is 10.2. The lowest BCUT2D eigenvalue weighted by Crippen LogP contribution is -2.34. The highest BCUT2D eigenvalue weighted by atomic mass is 79.9. The van der Waals surface area contributed by atoms with Crippen LogP contribution in [-0.2, 0) is 19.1 Å². The summed E-state index contributed by atoms with van der Waals surface area (Å²) in [6, 6.07) is 12.9. The van der Waals surface area contributed by atoms with Crippen LogP contribution >= 0.6 is 39.1 Å². The molecule has 0 spiro atoms. The lowest BCUT2D eigenvalue weighted by Gasteiger charge is -2.28. The van der Waals surface area contributed by atoms with E-state index in [4.69, 9.17) is 27.9 Å². The van der Waals surface area contributed by atoms with E-state index in [9.17, 15) is 19.2 Å². The predicted molar refractivity (Wildman–Crippen MR) is 127 cm³/mol. The number of fused-ring (bicyclic) bond motifs is 1. The number of nitrogens with one attached hydrogen (secondary N) is 1. The molecule has 2 aromatic rings. The predicted octanol–water partition coefficient (Wildman–Crippen LogP) is 4.36. The van der Waals surface area contributed by atoms with Gasteiger partial charge in [0.25, 0.3) is 5.91 Å². The molecule has 0 radical (unpaired) electrons. The van der Waals surface area contributed by atoms with Gasteiger partial charge in [0.15, 0.2) is 6.61 Å². The van der Waals surface area contributed by atoms with Gasteiger partial charge in [-0.3, -0.25) is 19.3 Å². The molecule has 0 unspecified atom stereocenters. The molecule has 1 saturated heterocycles. The van der Waals surface area contributed by atoms with E-state index < -0.39 is 30.3 Å². The quantitative estimate of drug-likeness (QED) is 0.337. The van der Waals surface area contributed by atoms with Gasteiger partial charge in [-0.2, -0.15) is 0 Å². The van der Waals surface area contributed by atoms with Gasteiger partial charge in [-0.05, 0) is 61.4 Å². The zero-order valence-corrected chi connectivity index (χ0v) is 20.3. The zero-order chi connectivity index (χ0) is 23.7. The van der Waals surface area contributed by atoms with Gasteiger partial charge in [0.05, 0.1) is 33.8 Å². The summed E-state index contributed by atoms with van der Waals surface area (Å²) < 4.78 is 5.93. The molecular weight excluding hydrogens is 535 g/mol. The van der Waals surface area contributed by atoms with Crippen molar-refractivity contribution in [1.82, 2.24) is 0 Å². The average molecular weight is 554 g/mol. The molecule has 1 aliphatic carbocycles. The van der Waals surface area contributed by atoms with E-state index in [1.165, 1.54) is 24.3 Å². The maximum Gasteiger partial charge on any atom is 0.338 e. The molecule has 172 valence electrons. The fraction of sp³-hybridized carbons (Fsp3) is 0.304. The molecule has 7 nitrogen and oxygen atoms in total. The second kappa shape index (κ2) is 9.83. The summed E-state index contributed by atoms with van der Waals surface area (Å²) in [6.07, 6.45) is 0.711. The molecule has 0 bridgehead atoms. The summed E-state index contributed by atoms with van der Waals surface area (Å²) in [4.78, 5) is 51.1. The number of benzene rings is 2. The number of nitrogens with zero attached hydrogens (tertiary/aromatic N) is 1. The topological polar surface area (TPSA) is 92.8 Å². The van der Waals surface area contributed by atoms with Gasteiger partial charge in [-0.1, -0.05) is 15.9 Å². The summed E-state index contributed by atoms with van der Waals surface area (Å²) in [6.45, 7) is -0.456. The molecule has 2 aromatic carbocycles. The zero-order valence-electron chi connectivity index (χ0n) is 17.2. The second-order valence-corrected chi connectivity index (χ2v) is 9.94. The van der Waals surface area contributed by atoms with Crippen LogP contribution in [0.4, 0.5) is 11.4 Å². The summed E-state index contributed by atoms with van der Waals surface area (Å²) >= 11 is 15.7. The van der Waals surface area contributed by atoms with Crippen molar-refractivity contribution in [2.75, 3.05) is 16.8 Å². The third-order valence-corrected chi connectivity index (χ3v) is 7.36. The summed E-state index contributed by atoms with van der Waals surface area (Å²) in [5, 5.41) is 1.91. The standard InChI is InChI=1S/C23H19BrCl2N2O5/c24-13-3-5-14(6-4-13)27-20(29)11-33-23(32)12-1-7-15(8-2-12)28-21(30)16-9-18(25)19(26)10-17(16)22(28)31/h1-8,16-19H,9-11H2,(H,27,29)/t16-,17-,18+,19+/m1/s1. The Kier molecular flexibility index (Phi) is 7.07. The first-order chi connectivity index (χ1) is 15.7. The summed E-state index contributed by atoms with van der Waals surface area (Å²) in [5.74, 6) is -2.75. The lowest BCUT2D eigenvalue weighted by molar-refractivity contribution is -0.122. The minimum atomic E-state index is -0.699. The minimum Gasteiger partial charge on any atom is -0.452 e. The fourth-order valence-corrected chi connectivity index (χ4v) is 4.89. The first-order valence-corrected chi connectivity index (χ1v) is 11.9. The average Bonchev–Trinajstić information content (AvgIpc) is 3.03. The summed E-state index contributed by atoms with van der Waals surface area (Å²) in [7, 11) is 0. The number of halogens is 3. The molecule has 1 N–H and O–H groups in total. The molecule has 1 heterocycles. The van der Waals surface area contributed by atoms with Crippen LogP contribution in [0.5, 0.6) is 0 Å². The highest BCUT2D eigenvalue weighted by Crippen LogP contribution is 2.43. The van der Waals surface area contributed by atoms with E-state index in [1.807, 2.05) is 0 Å². The van der Waals surface area contributed by atoms with E-state index in [2.05, 4.69) is 21.2 Å². The van der Waals surface area contributed by atoms with Crippen LogP contribution in [-0.4, -0.2) is 41.1 Å². The fourth-order valence-electron chi connectivity index (χ4n) is 4.04. The van der Waals surface area contributed by atoms with E-state index in [0.717, 1.165) is 9.37 Å². The number of alkyl halides is 2. The molecule has 0 aromatic heterocycles. The second-order valence-electron chi connectivity index (χ2n) is 7.91. The largest absolute Gasteiger partial charge is 0.452 e. The van der Waals surface area contributed by atoms with Crippen molar-refractivity contribution in [3.63, 3.8) is 0 Å². The van der Waals surface area contributed by atoms with Crippen molar-refractivity contribution < 1.29 is 23.9 Å². The third kappa shape index (κ3) is 5.08. The number of anilines is 2. The van der Waals surface area contributed by atoms with Gasteiger partial charge >= 0.3 is 5.97 Å². The van der Waals surface area contributed by atoms with E-state index in [-0.39, 0.29) is 28.1 Å². The van der Waals surface area contributed by atoms with E-state index in [1.54, 1.807) is 24.3 Å². The van der Waals surface area contributed by atoms with Crippen molar-refractivity contribution in [2.45, 2.75) is 23.6 Å². The van der Waals surface area contributed by atoms with Gasteiger partial charge in [0.1, 0.15) is 0 Å². The Morgan fingerprint density at radius 3 is 2.03 bits per heavy atom. The molecule has 3 amide bonds. The molecule has 1 saturated carbocycles. The van der Waals surface area contributed by atoms with Crippen LogP contribution in [0.25, 0.3) is 0 Å². The molecule has 4 rings (SSSR count). The van der Waals surface area contributed by atoms with Crippen molar-refractivity contribution in [3.8, 4) is 0 Å². The molecule has 2 aliphatic rings. The molecule has 10 heteroatoms. The number of carbonyl (C=O) groups excluding carboxylic acids is 4. The van der Waals surface area contributed by atoms with Gasteiger partial charge in [-0.15, -0.1) is 23.2 Å². The van der Waals surface area contributed by atoms with Crippen molar-refractivity contribution in [2.24, 2.45) is 11.8 Å². The Morgan fingerprint density at radius 2 is 1.48 bits per heavy atom. The van der Waals surface area contributed by atoms with Crippen LogP contribution in [0.1, 0.15) is 23.2 Å². The monoisotopic (exact) mass is 552 g/mol. The Morgan fingerprint density at radius 1 is 0.939 bits per heavy atom. The number of ether oxygens (including phenoxy) is 1. The smallest absolute Gasteiger partial charge is 0.338 e. The Bertz CT molecular complexity index is 1070. The van der Waals surface area contributed by atoms with E-state index >= 15 is 0 Å². The van der Waals surface area contributed by atoms with Crippen molar-refractivity contribution in [1.29, 1.82) is 0 Å².